The van der Waals surface area contributed by atoms with Crippen molar-refractivity contribution in [3.05, 3.63) is 11.9 Å². The Morgan fingerprint density at radius 1 is 1.24 bits per heavy atom. The molecular weight excluding hydrogens is 212 g/mol. The molecule has 0 bridgehead atoms. The molecule has 0 amide bonds. The number of anilines is 2. The highest BCUT2D eigenvalue weighted by Gasteiger charge is 2.19. The summed E-state index contributed by atoms with van der Waals surface area (Å²) in [4.78, 5) is 8.38. The Morgan fingerprint density at radius 2 is 1.94 bits per heavy atom. The van der Waals surface area contributed by atoms with Crippen LogP contribution >= 0.6 is 0 Å². The molecule has 17 heavy (non-hydrogen) atoms. The van der Waals surface area contributed by atoms with E-state index in [0.717, 1.165) is 37.1 Å². The van der Waals surface area contributed by atoms with Crippen molar-refractivity contribution in [1.29, 1.82) is 0 Å². The van der Waals surface area contributed by atoms with Gasteiger partial charge in [0.2, 0.25) is 0 Å². The molecule has 4 nitrogen and oxygen atoms in total. The molecule has 1 aromatic heterocycles. The number of nitrogens with two attached hydrogens (primary N) is 1. The number of hydrogen-bond donors (Lipinski definition) is 2. The number of aromatic nitrogens is 2. The Bertz CT molecular complexity index is 360. The summed E-state index contributed by atoms with van der Waals surface area (Å²) in [6.07, 6.45) is 5.72. The summed E-state index contributed by atoms with van der Waals surface area (Å²) in [5.41, 5.74) is 6.99. The maximum atomic E-state index is 5.91. The molecule has 0 aromatic carbocycles. The van der Waals surface area contributed by atoms with Crippen molar-refractivity contribution in [3.8, 4) is 0 Å². The van der Waals surface area contributed by atoms with Gasteiger partial charge in [-0.15, -0.1) is 0 Å². The Kier molecular flexibility index (Phi) is 4.73. The Balaban J connectivity index is 2.93. The highest BCUT2D eigenvalue weighted by molar-refractivity contribution is 5.56. The fourth-order valence-corrected chi connectivity index (χ4v) is 2.04. The zero-order valence-corrected chi connectivity index (χ0v) is 11.4. The topological polar surface area (TPSA) is 63.8 Å². The summed E-state index contributed by atoms with van der Waals surface area (Å²) in [5, 5.41) is 3.48. The van der Waals surface area contributed by atoms with E-state index in [1.165, 1.54) is 6.33 Å². The van der Waals surface area contributed by atoms with Crippen LogP contribution in [0.4, 0.5) is 11.6 Å². The van der Waals surface area contributed by atoms with Crippen LogP contribution in [0.2, 0.25) is 0 Å². The minimum Gasteiger partial charge on any atom is -0.383 e. The quantitative estimate of drug-likeness (QED) is 0.797. The van der Waals surface area contributed by atoms with Gasteiger partial charge in [0, 0.05) is 11.1 Å². The molecule has 1 heterocycles. The number of hydrogen-bond acceptors (Lipinski definition) is 4. The van der Waals surface area contributed by atoms with Crippen LogP contribution < -0.4 is 11.1 Å². The smallest absolute Gasteiger partial charge is 0.135 e. The van der Waals surface area contributed by atoms with Gasteiger partial charge in [0.05, 0.1) is 0 Å². The Morgan fingerprint density at radius 3 is 2.53 bits per heavy atom. The lowest BCUT2D eigenvalue weighted by atomic mass is 9.98. The van der Waals surface area contributed by atoms with Crippen molar-refractivity contribution in [2.45, 2.75) is 58.9 Å². The summed E-state index contributed by atoms with van der Waals surface area (Å²) in [7, 11) is 0. The van der Waals surface area contributed by atoms with Crippen LogP contribution in [0.1, 0.15) is 52.5 Å². The zero-order valence-electron chi connectivity index (χ0n) is 11.4. The highest BCUT2D eigenvalue weighted by Crippen LogP contribution is 2.24. The molecule has 0 saturated heterocycles. The first-order chi connectivity index (χ1) is 8.00. The van der Waals surface area contributed by atoms with Crippen molar-refractivity contribution >= 4 is 11.6 Å². The first kappa shape index (κ1) is 13.7. The first-order valence-corrected chi connectivity index (χ1v) is 6.37. The molecule has 4 heteroatoms. The molecule has 3 N–H and O–H groups in total. The molecule has 0 saturated carbocycles. The van der Waals surface area contributed by atoms with E-state index >= 15 is 0 Å². The van der Waals surface area contributed by atoms with Crippen molar-refractivity contribution in [1.82, 2.24) is 9.97 Å². The summed E-state index contributed by atoms with van der Waals surface area (Å²) >= 11 is 0. The third kappa shape index (κ3) is 3.88. The summed E-state index contributed by atoms with van der Waals surface area (Å²) < 4.78 is 0. The molecule has 0 fully saturated rings. The Labute approximate surface area is 104 Å². The SMILES string of the molecule is CCCc1c(N)ncnc1NC(C)(C)CCC. The lowest BCUT2D eigenvalue weighted by molar-refractivity contribution is 0.508. The molecule has 0 atom stereocenters. The van der Waals surface area contributed by atoms with Crippen LogP contribution in [-0.2, 0) is 6.42 Å². The van der Waals surface area contributed by atoms with Gasteiger partial charge >= 0.3 is 0 Å². The second-order valence-electron chi connectivity index (χ2n) is 5.09. The molecular formula is C13H24N4. The third-order valence-electron chi connectivity index (χ3n) is 2.81. The predicted molar refractivity (Wildman–Crippen MR) is 73.0 cm³/mol. The molecule has 0 radical (unpaired) electrons. The van der Waals surface area contributed by atoms with Crippen LogP contribution in [0.5, 0.6) is 0 Å². The largest absolute Gasteiger partial charge is 0.383 e. The number of nitrogen functional groups attached to an aromatic ring is 1. The summed E-state index contributed by atoms with van der Waals surface area (Å²) in [6.45, 7) is 8.69. The highest BCUT2D eigenvalue weighted by atomic mass is 15.1. The molecule has 0 unspecified atom stereocenters. The van der Waals surface area contributed by atoms with E-state index in [9.17, 15) is 0 Å². The van der Waals surface area contributed by atoms with E-state index in [2.05, 4.69) is 43.0 Å². The van der Waals surface area contributed by atoms with Gasteiger partial charge in [0.25, 0.3) is 0 Å². The zero-order chi connectivity index (χ0) is 12.9. The lowest BCUT2D eigenvalue weighted by Gasteiger charge is -2.27. The van der Waals surface area contributed by atoms with E-state index in [1.807, 2.05) is 0 Å². The first-order valence-electron chi connectivity index (χ1n) is 6.37. The van der Waals surface area contributed by atoms with Crippen LogP contribution in [-0.4, -0.2) is 15.5 Å². The average molecular weight is 236 g/mol. The van der Waals surface area contributed by atoms with E-state index < -0.39 is 0 Å². The maximum absolute atomic E-state index is 5.91. The van der Waals surface area contributed by atoms with Crippen molar-refractivity contribution in [2.24, 2.45) is 0 Å². The van der Waals surface area contributed by atoms with Gasteiger partial charge in [-0.3, -0.25) is 0 Å². The van der Waals surface area contributed by atoms with Crippen LogP contribution in [0.15, 0.2) is 6.33 Å². The van der Waals surface area contributed by atoms with E-state index in [1.54, 1.807) is 0 Å². The van der Waals surface area contributed by atoms with E-state index in [-0.39, 0.29) is 5.54 Å². The van der Waals surface area contributed by atoms with Crippen molar-refractivity contribution < 1.29 is 0 Å². The van der Waals surface area contributed by atoms with Crippen LogP contribution in [0, 0.1) is 0 Å². The maximum Gasteiger partial charge on any atom is 0.135 e. The van der Waals surface area contributed by atoms with Gasteiger partial charge in [-0.25, -0.2) is 9.97 Å². The minimum absolute atomic E-state index is 0.0397. The number of rotatable bonds is 6. The molecule has 0 aliphatic rings. The second kappa shape index (κ2) is 5.84. The van der Waals surface area contributed by atoms with Crippen molar-refractivity contribution in [2.75, 3.05) is 11.1 Å². The van der Waals surface area contributed by atoms with Gasteiger partial charge in [-0.1, -0.05) is 26.7 Å². The normalized spacial score (nSPS) is 11.5. The molecule has 0 aliphatic heterocycles. The average Bonchev–Trinajstić information content (AvgIpc) is 2.22. The third-order valence-corrected chi connectivity index (χ3v) is 2.81. The summed E-state index contributed by atoms with van der Waals surface area (Å²) in [6, 6.07) is 0. The van der Waals surface area contributed by atoms with E-state index in [0.29, 0.717) is 5.82 Å². The molecule has 1 aromatic rings. The van der Waals surface area contributed by atoms with Crippen LogP contribution in [0.25, 0.3) is 0 Å². The monoisotopic (exact) mass is 236 g/mol. The van der Waals surface area contributed by atoms with E-state index in [4.69, 9.17) is 5.73 Å². The van der Waals surface area contributed by atoms with Gasteiger partial charge in [0.1, 0.15) is 18.0 Å². The Hall–Kier alpha value is -1.32. The second-order valence-corrected chi connectivity index (χ2v) is 5.09. The van der Waals surface area contributed by atoms with Crippen molar-refractivity contribution in [3.63, 3.8) is 0 Å². The number of nitrogens with zero attached hydrogens (tertiary/aromatic N) is 2. The minimum atomic E-state index is 0.0397. The molecule has 0 spiro atoms. The molecule has 1 rings (SSSR count). The summed E-state index contributed by atoms with van der Waals surface area (Å²) in [5.74, 6) is 1.48. The predicted octanol–water partition coefficient (Wildman–Crippen LogP) is 3.00. The van der Waals surface area contributed by atoms with Crippen LogP contribution in [0.3, 0.4) is 0 Å². The fourth-order valence-electron chi connectivity index (χ4n) is 2.04. The molecule has 0 aliphatic carbocycles. The van der Waals surface area contributed by atoms with Gasteiger partial charge in [-0.2, -0.15) is 0 Å². The number of nitrogens with one attached hydrogen (secondary N) is 1. The van der Waals surface area contributed by atoms with Gasteiger partial charge < -0.3 is 11.1 Å². The van der Waals surface area contributed by atoms with Gasteiger partial charge in [0.15, 0.2) is 0 Å². The molecule has 96 valence electrons. The fraction of sp³-hybridized carbons (Fsp3) is 0.692. The standard InChI is InChI=1S/C13H24N4/c1-5-7-10-11(14)15-9-16-12(10)17-13(3,4)8-6-2/h9H,5-8H2,1-4H3,(H3,14,15,16,17). The lowest BCUT2D eigenvalue weighted by Crippen LogP contribution is -2.31. The van der Waals surface area contributed by atoms with Gasteiger partial charge in [-0.05, 0) is 26.7 Å².